The number of imidazole rings is 1. The van der Waals surface area contributed by atoms with Crippen molar-refractivity contribution in [1.29, 1.82) is 0 Å². The van der Waals surface area contributed by atoms with Crippen LogP contribution >= 0.6 is 11.8 Å². The third kappa shape index (κ3) is 3.55. The Morgan fingerprint density at radius 1 is 1.30 bits per heavy atom. The van der Waals surface area contributed by atoms with Gasteiger partial charge in [0.1, 0.15) is 18.3 Å². The number of hydrogen-bond donors (Lipinski definition) is 3. The van der Waals surface area contributed by atoms with Crippen LogP contribution < -0.4 is 4.90 Å². The molecule has 12 nitrogen and oxygen atoms in total. The lowest BCUT2D eigenvalue weighted by atomic mass is 9.98. The molecule has 0 saturated carbocycles. The molecule has 0 aromatic carbocycles. The monoisotopic (exact) mass is 400 g/mol. The summed E-state index contributed by atoms with van der Waals surface area (Å²) in [7, 11) is 3.59. The average molecular weight is 400 g/mol. The molecule has 148 valence electrons. The predicted molar refractivity (Wildman–Crippen MR) is 95.2 cm³/mol. The number of aliphatic hydroxyl groups excluding tert-OH is 3. The molecule has 1 saturated heterocycles. The molecule has 1 aliphatic heterocycles. The molecule has 5 atom stereocenters. The minimum absolute atomic E-state index is 0.338. The maximum atomic E-state index is 10.8. The fraction of sp³-hybridized carbons (Fsp3) is 0.643. The number of nitrogens with zero attached hydrogens (tertiary/aromatic N) is 6. The van der Waals surface area contributed by atoms with Gasteiger partial charge in [0.05, 0.1) is 6.33 Å². The van der Waals surface area contributed by atoms with E-state index in [9.17, 15) is 25.4 Å². The highest BCUT2D eigenvalue weighted by molar-refractivity contribution is 7.98. The molecule has 0 bridgehead atoms. The van der Waals surface area contributed by atoms with E-state index in [-0.39, 0.29) is 0 Å². The van der Waals surface area contributed by atoms with Crippen molar-refractivity contribution in [3.05, 3.63) is 16.4 Å². The zero-order valence-electron chi connectivity index (χ0n) is 14.8. The Balaban J connectivity index is 2.07. The Hall–Kier alpha value is -2.06. The van der Waals surface area contributed by atoms with Crippen molar-refractivity contribution in [1.82, 2.24) is 19.5 Å². The summed E-state index contributed by atoms with van der Waals surface area (Å²) in [4.78, 5) is 25.0. The normalized spacial score (nSPS) is 28.4. The fourth-order valence-corrected chi connectivity index (χ4v) is 3.29. The Kier molecular flexibility index (Phi) is 5.48. The second-order valence-electron chi connectivity index (χ2n) is 6.30. The van der Waals surface area contributed by atoms with Crippen molar-refractivity contribution >= 4 is 28.7 Å². The standard InChI is InChI=1S/C14H20N6O6S/c1-18(2)11-7-12(17-14(16-11)27-3)19(5-15-7)13-10(23)9(22)8(21)6(26-13)4-20(24)25/h5-6,8-10,13,21-23H,4H2,1-3H3/t6-,8-,9+,10-,13-/m1/s1. The van der Waals surface area contributed by atoms with Gasteiger partial charge in [-0.2, -0.15) is 0 Å². The second-order valence-corrected chi connectivity index (χ2v) is 7.08. The topological polar surface area (TPSA) is 160 Å². The first-order valence-electron chi connectivity index (χ1n) is 8.02. The fourth-order valence-electron chi connectivity index (χ4n) is 2.93. The van der Waals surface area contributed by atoms with Crippen LogP contribution in [-0.4, -0.2) is 91.1 Å². The third-order valence-electron chi connectivity index (χ3n) is 4.28. The van der Waals surface area contributed by atoms with Crippen LogP contribution in [0.25, 0.3) is 11.2 Å². The van der Waals surface area contributed by atoms with Crippen molar-refractivity contribution in [2.45, 2.75) is 35.8 Å². The van der Waals surface area contributed by atoms with Crippen molar-refractivity contribution in [2.24, 2.45) is 0 Å². The molecule has 2 aromatic rings. The molecule has 0 aliphatic carbocycles. The summed E-state index contributed by atoms with van der Waals surface area (Å²) >= 11 is 1.31. The van der Waals surface area contributed by atoms with E-state index in [1.54, 1.807) is 25.3 Å². The van der Waals surface area contributed by atoms with Crippen LogP contribution in [0.5, 0.6) is 0 Å². The van der Waals surface area contributed by atoms with Crippen LogP contribution in [0, 0.1) is 10.1 Å². The van der Waals surface area contributed by atoms with Crippen LogP contribution in [0.4, 0.5) is 5.82 Å². The third-order valence-corrected chi connectivity index (χ3v) is 4.83. The number of hydrogen-bond acceptors (Lipinski definition) is 11. The van der Waals surface area contributed by atoms with Crippen LogP contribution in [0.1, 0.15) is 6.23 Å². The number of rotatable bonds is 5. The van der Waals surface area contributed by atoms with Gasteiger partial charge in [-0.1, -0.05) is 11.8 Å². The van der Waals surface area contributed by atoms with E-state index in [1.165, 1.54) is 22.7 Å². The molecule has 0 spiro atoms. The summed E-state index contributed by atoms with van der Waals surface area (Å²) in [5, 5.41) is 41.8. The summed E-state index contributed by atoms with van der Waals surface area (Å²) in [6, 6.07) is 0. The minimum Gasteiger partial charge on any atom is -0.387 e. The van der Waals surface area contributed by atoms with Crippen LogP contribution in [0.15, 0.2) is 11.5 Å². The van der Waals surface area contributed by atoms with Gasteiger partial charge in [-0.25, -0.2) is 15.0 Å². The molecule has 3 heterocycles. The van der Waals surface area contributed by atoms with E-state index in [4.69, 9.17) is 4.74 Å². The summed E-state index contributed by atoms with van der Waals surface area (Å²) in [5.41, 5.74) is 0.783. The number of anilines is 1. The van der Waals surface area contributed by atoms with Crippen LogP contribution in [0.2, 0.25) is 0 Å². The van der Waals surface area contributed by atoms with Gasteiger partial charge in [-0.3, -0.25) is 14.7 Å². The van der Waals surface area contributed by atoms with E-state index in [2.05, 4.69) is 15.0 Å². The number of thioether (sulfide) groups is 1. The van der Waals surface area contributed by atoms with Crippen molar-refractivity contribution in [3.8, 4) is 0 Å². The molecule has 1 fully saturated rings. The summed E-state index contributed by atoms with van der Waals surface area (Å²) in [5.74, 6) is 0.552. The lowest BCUT2D eigenvalue weighted by Gasteiger charge is -2.39. The van der Waals surface area contributed by atoms with E-state index < -0.39 is 42.1 Å². The average Bonchev–Trinajstić information content (AvgIpc) is 3.04. The number of aliphatic hydroxyl groups is 3. The largest absolute Gasteiger partial charge is 0.387 e. The number of fused-ring (bicyclic) bond motifs is 1. The summed E-state index contributed by atoms with van der Waals surface area (Å²) in [6.07, 6.45) is -4.09. The molecule has 3 rings (SSSR count). The quantitative estimate of drug-likeness (QED) is 0.241. The second kappa shape index (κ2) is 7.52. The Bertz CT molecular complexity index is 847. The molecule has 13 heteroatoms. The molecular formula is C14H20N6O6S. The van der Waals surface area contributed by atoms with Crippen LogP contribution in [-0.2, 0) is 4.74 Å². The first-order valence-corrected chi connectivity index (χ1v) is 9.24. The Morgan fingerprint density at radius 2 is 2.00 bits per heavy atom. The highest BCUT2D eigenvalue weighted by atomic mass is 32.2. The van der Waals surface area contributed by atoms with Crippen molar-refractivity contribution in [3.63, 3.8) is 0 Å². The smallest absolute Gasteiger partial charge is 0.232 e. The Morgan fingerprint density at radius 3 is 2.59 bits per heavy atom. The molecule has 3 N–H and O–H groups in total. The predicted octanol–water partition coefficient (Wildman–Crippen LogP) is -1.13. The highest BCUT2D eigenvalue weighted by Gasteiger charge is 2.47. The summed E-state index contributed by atoms with van der Waals surface area (Å²) in [6.45, 7) is -0.720. The molecule has 1 aliphatic rings. The van der Waals surface area contributed by atoms with Gasteiger partial charge in [0, 0.05) is 19.0 Å². The maximum Gasteiger partial charge on any atom is 0.232 e. The molecule has 0 unspecified atom stereocenters. The van der Waals surface area contributed by atoms with Gasteiger partial charge in [0.25, 0.3) is 0 Å². The highest BCUT2D eigenvalue weighted by Crippen LogP contribution is 2.32. The van der Waals surface area contributed by atoms with E-state index >= 15 is 0 Å². The summed E-state index contributed by atoms with van der Waals surface area (Å²) < 4.78 is 6.94. The minimum atomic E-state index is -1.62. The Labute approximate surface area is 158 Å². The van der Waals surface area contributed by atoms with Crippen molar-refractivity contribution in [2.75, 3.05) is 31.8 Å². The van der Waals surface area contributed by atoms with E-state index in [0.29, 0.717) is 22.1 Å². The number of nitro groups is 1. The van der Waals surface area contributed by atoms with Gasteiger partial charge in [-0.15, -0.1) is 0 Å². The lowest BCUT2D eigenvalue weighted by Crippen LogP contribution is -2.57. The van der Waals surface area contributed by atoms with E-state index in [0.717, 1.165) is 0 Å². The first kappa shape index (κ1) is 19.7. The molecule has 27 heavy (non-hydrogen) atoms. The van der Waals surface area contributed by atoms with Gasteiger partial charge in [0.15, 0.2) is 34.5 Å². The van der Waals surface area contributed by atoms with Crippen LogP contribution in [0.3, 0.4) is 0 Å². The first-order chi connectivity index (χ1) is 12.7. The number of aromatic nitrogens is 4. The van der Waals surface area contributed by atoms with Gasteiger partial charge < -0.3 is 25.0 Å². The van der Waals surface area contributed by atoms with E-state index in [1.807, 2.05) is 0 Å². The molecule has 0 radical (unpaired) electrons. The van der Waals surface area contributed by atoms with Gasteiger partial charge in [-0.05, 0) is 6.26 Å². The lowest BCUT2D eigenvalue weighted by molar-refractivity contribution is -0.500. The number of ether oxygens (including phenoxy) is 1. The van der Waals surface area contributed by atoms with Gasteiger partial charge in [0.2, 0.25) is 6.54 Å². The molecular weight excluding hydrogens is 380 g/mol. The maximum absolute atomic E-state index is 10.8. The zero-order valence-corrected chi connectivity index (χ0v) is 15.6. The molecule has 0 amide bonds. The zero-order chi connectivity index (χ0) is 19.9. The SMILES string of the molecule is CSc1nc(N(C)C)c2ncn([C@@H]3O[C@H](C[N+](=O)[O-])[C@@H](O)[C@H](O)[C@H]3O)c2n1. The van der Waals surface area contributed by atoms with Crippen molar-refractivity contribution < 1.29 is 25.0 Å². The molecule has 2 aromatic heterocycles. The van der Waals surface area contributed by atoms with Gasteiger partial charge >= 0.3 is 0 Å².